The number of amides is 1. The summed E-state index contributed by atoms with van der Waals surface area (Å²) in [4.78, 5) is 23.9. The summed E-state index contributed by atoms with van der Waals surface area (Å²) >= 11 is 1.33. The molecule has 4 aromatic rings. The topological polar surface area (TPSA) is 93.8 Å². The van der Waals surface area contributed by atoms with Gasteiger partial charge in [0.1, 0.15) is 23.8 Å². The molecule has 1 aliphatic heterocycles. The first-order valence-electron chi connectivity index (χ1n) is 11.5. The van der Waals surface area contributed by atoms with E-state index in [1.165, 1.54) is 28.3 Å². The minimum atomic E-state index is -0.655. The number of hydrogen-bond donors (Lipinski definition) is 1. The van der Waals surface area contributed by atoms with Gasteiger partial charge in [-0.3, -0.25) is 4.79 Å². The van der Waals surface area contributed by atoms with Crippen LogP contribution in [0.25, 0.3) is 16.5 Å². The Kier molecular flexibility index (Phi) is 5.21. The van der Waals surface area contributed by atoms with Crippen LogP contribution < -0.4 is 10.1 Å². The van der Waals surface area contributed by atoms with E-state index in [0.717, 1.165) is 24.4 Å². The van der Waals surface area contributed by atoms with Gasteiger partial charge in [-0.2, -0.15) is 0 Å². The first kappa shape index (κ1) is 22.0. The summed E-state index contributed by atoms with van der Waals surface area (Å²) in [7, 11) is 6.20. The van der Waals surface area contributed by atoms with Crippen molar-refractivity contribution in [2.45, 2.75) is 45.1 Å². The molecule has 4 heterocycles. The number of hydrogen-bond acceptors (Lipinski definition) is 7. The Morgan fingerprint density at radius 3 is 2.86 bits per heavy atom. The Hall–Kier alpha value is -3.54. The summed E-state index contributed by atoms with van der Waals surface area (Å²) in [6.07, 6.45) is 6.52. The molecule has 12 heteroatoms. The fourth-order valence-electron chi connectivity index (χ4n) is 4.28. The first-order valence-corrected chi connectivity index (χ1v) is 12.4. The Balaban J connectivity index is 1.32. The second-order valence-corrected chi connectivity index (χ2v) is 10.00. The molecular formula is C23H22BFN8OS. The minimum Gasteiger partial charge on any atom is -0.423 e. The predicted molar refractivity (Wildman–Crippen MR) is 132 cm³/mol. The molecule has 35 heavy (non-hydrogen) atoms. The SMILES string of the molecule is [B]N1CCc2nc(C3CC3)cn2-c2cc(C(=O)Nc3csc(-c4nncn4C(C)C)n3)c(F)cc21. The summed E-state index contributed by atoms with van der Waals surface area (Å²) in [5.41, 5.74) is 2.10. The van der Waals surface area contributed by atoms with E-state index in [1.54, 1.807) is 11.7 Å². The highest BCUT2D eigenvalue weighted by Crippen LogP contribution is 2.41. The van der Waals surface area contributed by atoms with Crippen molar-refractivity contribution in [1.82, 2.24) is 29.3 Å². The van der Waals surface area contributed by atoms with Crippen molar-refractivity contribution >= 4 is 36.7 Å². The number of thiazole rings is 1. The third-order valence-corrected chi connectivity index (χ3v) is 7.15. The number of aromatic nitrogens is 6. The van der Waals surface area contributed by atoms with Crippen molar-refractivity contribution in [3.05, 3.63) is 52.9 Å². The maximum atomic E-state index is 15.1. The average Bonchev–Trinajstić information content (AvgIpc) is 3.22. The van der Waals surface area contributed by atoms with Gasteiger partial charge in [0.25, 0.3) is 5.91 Å². The molecule has 0 atom stereocenters. The molecule has 1 fully saturated rings. The van der Waals surface area contributed by atoms with E-state index in [4.69, 9.17) is 13.0 Å². The summed E-state index contributed by atoms with van der Waals surface area (Å²) in [6.45, 7) is 4.54. The van der Waals surface area contributed by atoms with Gasteiger partial charge in [-0.25, -0.2) is 14.4 Å². The maximum absolute atomic E-state index is 15.1. The van der Waals surface area contributed by atoms with E-state index in [0.29, 0.717) is 46.9 Å². The number of halogens is 1. The van der Waals surface area contributed by atoms with Gasteiger partial charge in [-0.15, -0.1) is 21.5 Å². The van der Waals surface area contributed by atoms with Crippen molar-refractivity contribution in [1.29, 1.82) is 0 Å². The molecule has 1 amide bonds. The summed E-state index contributed by atoms with van der Waals surface area (Å²) in [5, 5.41) is 13.1. The van der Waals surface area contributed by atoms with E-state index in [2.05, 4.69) is 20.5 Å². The number of nitrogens with zero attached hydrogens (tertiary/aromatic N) is 7. The standard InChI is InChI=1S/C23H22BFN8OS/c1-12(2)32-11-26-30-21(32)23-29-19(10-35-23)28-22(34)14-7-17-18(8-15(14)25)33(24)6-5-20-27-16(9-31(17)20)13-3-4-13/h7-13H,3-6H2,1-2H3,(H,28,34). The van der Waals surface area contributed by atoms with Crippen LogP contribution in [0.3, 0.4) is 0 Å². The zero-order valence-corrected chi connectivity index (χ0v) is 20.1. The molecule has 0 spiro atoms. The smallest absolute Gasteiger partial charge is 0.259 e. The maximum Gasteiger partial charge on any atom is 0.259 e. The highest BCUT2D eigenvalue weighted by molar-refractivity contribution is 7.13. The number of rotatable bonds is 5. The van der Waals surface area contributed by atoms with E-state index in [-0.39, 0.29) is 11.6 Å². The molecule has 1 aliphatic carbocycles. The molecule has 0 saturated heterocycles. The Labute approximate surface area is 206 Å². The van der Waals surface area contributed by atoms with E-state index in [1.807, 2.05) is 29.2 Å². The van der Waals surface area contributed by atoms with Crippen LogP contribution in [0, 0.1) is 5.82 Å². The van der Waals surface area contributed by atoms with Gasteiger partial charge in [0.2, 0.25) is 7.98 Å². The fourth-order valence-corrected chi connectivity index (χ4v) is 5.02. The Morgan fingerprint density at radius 1 is 1.26 bits per heavy atom. The number of nitrogens with one attached hydrogen (secondary N) is 1. The number of benzene rings is 1. The van der Waals surface area contributed by atoms with Crippen LogP contribution in [0.2, 0.25) is 0 Å². The van der Waals surface area contributed by atoms with Gasteiger partial charge in [0.15, 0.2) is 10.8 Å². The van der Waals surface area contributed by atoms with Crippen LogP contribution in [-0.2, 0) is 6.42 Å². The van der Waals surface area contributed by atoms with Gasteiger partial charge >= 0.3 is 0 Å². The Bertz CT molecular complexity index is 1440. The highest BCUT2D eigenvalue weighted by Gasteiger charge is 2.30. The minimum absolute atomic E-state index is 0.0911. The van der Waals surface area contributed by atoms with Crippen molar-refractivity contribution < 1.29 is 9.18 Å². The van der Waals surface area contributed by atoms with Gasteiger partial charge in [-0.1, -0.05) is 0 Å². The summed E-state index contributed by atoms with van der Waals surface area (Å²) < 4.78 is 19.0. The van der Waals surface area contributed by atoms with Gasteiger partial charge in [0.05, 0.1) is 22.6 Å². The number of fused-ring (bicyclic) bond motifs is 3. The molecule has 6 rings (SSSR count). The lowest BCUT2D eigenvalue weighted by Crippen LogP contribution is -2.22. The highest BCUT2D eigenvalue weighted by atomic mass is 32.1. The van der Waals surface area contributed by atoms with Crippen LogP contribution in [0.4, 0.5) is 15.9 Å². The van der Waals surface area contributed by atoms with Gasteiger partial charge < -0.3 is 19.3 Å². The second kappa shape index (κ2) is 8.30. The third-order valence-electron chi connectivity index (χ3n) is 6.31. The van der Waals surface area contributed by atoms with Crippen LogP contribution in [-0.4, -0.2) is 49.7 Å². The lowest BCUT2D eigenvalue weighted by Gasteiger charge is -2.21. The molecule has 2 aliphatic rings. The van der Waals surface area contributed by atoms with E-state index < -0.39 is 11.7 Å². The zero-order chi connectivity index (χ0) is 24.3. The molecule has 1 N–H and O–H groups in total. The summed E-state index contributed by atoms with van der Waals surface area (Å²) in [5.74, 6) is 1.03. The molecule has 3 aromatic heterocycles. The van der Waals surface area contributed by atoms with E-state index >= 15 is 4.39 Å². The molecule has 2 radical (unpaired) electrons. The molecule has 1 saturated carbocycles. The molecule has 1 aromatic carbocycles. The predicted octanol–water partition coefficient (Wildman–Crippen LogP) is 3.88. The van der Waals surface area contributed by atoms with Gasteiger partial charge in [0, 0.05) is 36.5 Å². The molecule has 176 valence electrons. The Morgan fingerprint density at radius 2 is 2.09 bits per heavy atom. The van der Waals surface area contributed by atoms with Gasteiger partial charge in [-0.05, 0) is 38.8 Å². The lowest BCUT2D eigenvalue weighted by molar-refractivity contribution is 0.102. The normalized spacial score (nSPS) is 15.1. The van der Waals surface area contributed by atoms with Crippen LogP contribution >= 0.6 is 11.3 Å². The first-order chi connectivity index (χ1) is 16.9. The number of anilines is 2. The molecular weight excluding hydrogens is 466 g/mol. The average molecular weight is 488 g/mol. The van der Waals surface area contributed by atoms with Crippen molar-refractivity contribution in [2.24, 2.45) is 0 Å². The zero-order valence-electron chi connectivity index (χ0n) is 19.3. The largest absolute Gasteiger partial charge is 0.423 e. The van der Waals surface area contributed by atoms with Crippen LogP contribution in [0.1, 0.15) is 60.5 Å². The summed E-state index contributed by atoms with van der Waals surface area (Å²) in [6, 6.07) is 3.01. The monoisotopic (exact) mass is 488 g/mol. The van der Waals surface area contributed by atoms with Crippen molar-refractivity contribution in [3.63, 3.8) is 0 Å². The van der Waals surface area contributed by atoms with E-state index in [9.17, 15) is 4.79 Å². The quantitative estimate of drug-likeness (QED) is 0.429. The molecule has 0 unspecified atom stereocenters. The van der Waals surface area contributed by atoms with Crippen LogP contribution in [0.15, 0.2) is 30.0 Å². The van der Waals surface area contributed by atoms with Crippen LogP contribution in [0.5, 0.6) is 0 Å². The van der Waals surface area contributed by atoms with Crippen molar-refractivity contribution in [2.75, 3.05) is 16.7 Å². The molecule has 9 nitrogen and oxygen atoms in total. The number of imidazole rings is 1. The second-order valence-electron chi connectivity index (χ2n) is 9.14. The number of carbonyl (C=O) groups excluding carboxylic acids is 1. The lowest BCUT2D eigenvalue weighted by atomic mass is 10.1. The fraction of sp³-hybridized carbons (Fsp3) is 0.348. The third kappa shape index (κ3) is 3.91. The molecule has 0 bridgehead atoms. The van der Waals surface area contributed by atoms with Crippen molar-refractivity contribution in [3.8, 4) is 16.5 Å². The number of carbonyl (C=O) groups is 1.